The lowest BCUT2D eigenvalue weighted by molar-refractivity contribution is 0.0436. The van der Waals surface area contributed by atoms with Crippen molar-refractivity contribution in [2.75, 3.05) is 6.61 Å². The van der Waals surface area contributed by atoms with Crippen LogP contribution in [0.15, 0.2) is 0 Å². The van der Waals surface area contributed by atoms with Gasteiger partial charge >= 0.3 is 0 Å². The zero-order valence-electron chi connectivity index (χ0n) is 9.47. The Morgan fingerprint density at radius 3 is 2.64 bits per heavy atom. The number of hydrogen-bond acceptors (Lipinski definition) is 1. The molecule has 2 heteroatoms. The van der Waals surface area contributed by atoms with Crippen molar-refractivity contribution in [2.45, 2.75) is 62.4 Å². The van der Waals surface area contributed by atoms with E-state index in [0.29, 0.717) is 6.10 Å². The fourth-order valence-electron chi connectivity index (χ4n) is 1.87. The molecule has 1 nitrogen and oxygen atoms in total. The van der Waals surface area contributed by atoms with Crippen molar-refractivity contribution in [3.63, 3.8) is 0 Å². The maximum absolute atomic E-state index is 5.98. The molecule has 1 saturated carbocycles. The fourth-order valence-corrected chi connectivity index (χ4v) is 2.88. The second-order valence-electron chi connectivity index (χ2n) is 4.75. The molecule has 1 aliphatic carbocycles. The number of rotatable bonds is 4. The Bertz CT molecular complexity index is 147. The Labute approximate surface area is 102 Å². The molecule has 0 bridgehead atoms. The van der Waals surface area contributed by atoms with Crippen molar-refractivity contribution in [1.82, 2.24) is 0 Å². The zero-order valence-corrected chi connectivity index (χ0v) is 11.6. The molecule has 0 spiro atoms. The number of hydrogen-bond donors (Lipinski definition) is 0. The first-order chi connectivity index (χ1) is 6.70. The molecule has 1 rings (SSSR count). The molecule has 0 aromatic heterocycles. The highest BCUT2D eigenvalue weighted by atomic mass is 127. The van der Waals surface area contributed by atoms with E-state index in [9.17, 15) is 0 Å². The van der Waals surface area contributed by atoms with E-state index in [1.165, 1.54) is 38.5 Å². The molecule has 1 aliphatic rings. The molecule has 84 valence electrons. The normalized spacial score (nSPS) is 29.1. The van der Waals surface area contributed by atoms with Crippen LogP contribution in [-0.4, -0.2) is 16.6 Å². The van der Waals surface area contributed by atoms with Gasteiger partial charge in [-0.2, -0.15) is 0 Å². The molecular formula is C12H23IO. The molecule has 0 saturated heterocycles. The lowest BCUT2D eigenvalue weighted by atomic mass is 10.1. The average Bonchev–Trinajstić information content (AvgIpc) is 2.31. The number of halogens is 1. The lowest BCUT2D eigenvalue weighted by Gasteiger charge is -2.21. The summed E-state index contributed by atoms with van der Waals surface area (Å²) in [5.74, 6) is 0.772. The largest absolute Gasteiger partial charge is 0.377 e. The third-order valence-electron chi connectivity index (χ3n) is 2.90. The van der Waals surface area contributed by atoms with Gasteiger partial charge in [-0.25, -0.2) is 0 Å². The lowest BCUT2D eigenvalue weighted by Crippen LogP contribution is -2.23. The van der Waals surface area contributed by atoms with Gasteiger partial charge in [0.05, 0.1) is 6.10 Å². The Kier molecular flexibility index (Phi) is 6.42. The fraction of sp³-hybridized carbons (Fsp3) is 1.00. The standard InChI is InChI=1S/C12H23IO/c1-10(2)8-9-14-12-7-5-3-4-6-11(12)13/h10-12H,3-9H2,1-2H3. The van der Waals surface area contributed by atoms with Gasteiger partial charge in [-0.1, -0.05) is 55.7 Å². The smallest absolute Gasteiger partial charge is 0.0692 e. The van der Waals surface area contributed by atoms with Crippen molar-refractivity contribution in [2.24, 2.45) is 5.92 Å². The first kappa shape index (κ1) is 12.8. The maximum atomic E-state index is 5.98. The first-order valence-corrected chi connectivity index (χ1v) is 7.20. The van der Waals surface area contributed by atoms with E-state index < -0.39 is 0 Å². The number of ether oxygens (including phenoxy) is 1. The van der Waals surface area contributed by atoms with Crippen LogP contribution in [0.4, 0.5) is 0 Å². The summed E-state index contributed by atoms with van der Waals surface area (Å²) >= 11 is 2.58. The van der Waals surface area contributed by atoms with Crippen molar-refractivity contribution in [3.05, 3.63) is 0 Å². The highest BCUT2D eigenvalue weighted by Gasteiger charge is 2.21. The monoisotopic (exact) mass is 310 g/mol. The van der Waals surface area contributed by atoms with E-state index in [1.54, 1.807) is 0 Å². The van der Waals surface area contributed by atoms with Gasteiger partial charge in [0.15, 0.2) is 0 Å². The minimum atomic E-state index is 0.539. The van der Waals surface area contributed by atoms with E-state index >= 15 is 0 Å². The molecule has 0 aromatic rings. The van der Waals surface area contributed by atoms with Gasteiger partial charge in [-0.3, -0.25) is 0 Å². The molecule has 1 fully saturated rings. The SMILES string of the molecule is CC(C)CCOC1CCCCCC1I. The zero-order chi connectivity index (χ0) is 10.4. The van der Waals surface area contributed by atoms with Crippen LogP contribution in [0.25, 0.3) is 0 Å². The Balaban J connectivity index is 2.19. The van der Waals surface area contributed by atoms with Crippen LogP contribution < -0.4 is 0 Å². The maximum Gasteiger partial charge on any atom is 0.0692 e. The summed E-state index contributed by atoms with van der Waals surface area (Å²) in [4.78, 5) is 0. The Hall–Kier alpha value is 0.690. The van der Waals surface area contributed by atoms with Crippen molar-refractivity contribution >= 4 is 22.6 Å². The van der Waals surface area contributed by atoms with Gasteiger partial charge in [0.1, 0.15) is 0 Å². The van der Waals surface area contributed by atoms with Gasteiger partial charge in [0.2, 0.25) is 0 Å². The van der Waals surface area contributed by atoms with E-state index in [2.05, 4.69) is 36.4 Å². The minimum absolute atomic E-state index is 0.539. The summed E-state index contributed by atoms with van der Waals surface area (Å²) in [6.45, 7) is 5.48. The molecule has 0 heterocycles. The molecule has 2 atom stereocenters. The predicted octanol–water partition coefficient (Wildman–Crippen LogP) is 4.19. The molecule has 0 N–H and O–H groups in total. The van der Waals surface area contributed by atoms with Crippen LogP contribution in [-0.2, 0) is 4.74 Å². The molecule has 0 radical (unpaired) electrons. The molecule has 0 aromatic carbocycles. The summed E-state index contributed by atoms with van der Waals surface area (Å²) in [7, 11) is 0. The summed E-state index contributed by atoms with van der Waals surface area (Å²) in [6.07, 6.45) is 8.56. The predicted molar refractivity (Wildman–Crippen MR) is 70.1 cm³/mol. The van der Waals surface area contributed by atoms with Gasteiger partial charge < -0.3 is 4.74 Å². The summed E-state index contributed by atoms with van der Waals surface area (Å²) in [5.41, 5.74) is 0. The Morgan fingerprint density at radius 2 is 1.93 bits per heavy atom. The third-order valence-corrected chi connectivity index (χ3v) is 4.32. The second kappa shape index (κ2) is 7.04. The van der Waals surface area contributed by atoms with Crippen LogP contribution in [0, 0.1) is 5.92 Å². The molecule has 0 aliphatic heterocycles. The minimum Gasteiger partial charge on any atom is -0.377 e. The van der Waals surface area contributed by atoms with Gasteiger partial charge in [-0.15, -0.1) is 0 Å². The van der Waals surface area contributed by atoms with E-state index in [1.807, 2.05) is 0 Å². The highest BCUT2D eigenvalue weighted by Crippen LogP contribution is 2.26. The highest BCUT2D eigenvalue weighted by molar-refractivity contribution is 14.1. The van der Waals surface area contributed by atoms with Gasteiger partial charge in [0, 0.05) is 10.5 Å². The van der Waals surface area contributed by atoms with Crippen LogP contribution in [0.3, 0.4) is 0 Å². The average molecular weight is 310 g/mol. The first-order valence-electron chi connectivity index (χ1n) is 5.96. The van der Waals surface area contributed by atoms with E-state index in [-0.39, 0.29) is 0 Å². The molecule has 0 amide bonds. The van der Waals surface area contributed by atoms with Crippen LogP contribution in [0.2, 0.25) is 0 Å². The van der Waals surface area contributed by atoms with Gasteiger partial charge in [0.25, 0.3) is 0 Å². The van der Waals surface area contributed by atoms with Gasteiger partial charge in [-0.05, 0) is 25.2 Å². The Morgan fingerprint density at radius 1 is 1.21 bits per heavy atom. The molecule has 2 unspecified atom stereocenters. The van der Waals surface area contributed by atoms with Crippen molar-refractivity contribution in [3.8, 4) is 0 Å². The number of alkyl halides is 1. The van der Waals surface area contributed by atoms with E-state index in [0.717, 1.165) is 16.4 Å². The topological polar surface area (TPSA) is 9.23 Å². The summed E-state index contributed by atoms with van der Waals surface area (Å²) in [6, 6.07) is 0. The van der Waals surface area contributed by atoms with Crippen LogP contribution >= 0.6 is 22.6 Å². The third kappa shape index (κ3) is 4.96. The van der Waals surface area contributed by atoms with Crippen molar-refractivity contribution < 1.29 is 4.74 Å². The summed E-state index contributed by atoms with van der Waals surface area (Å²) in [5, 5.41) is 0. The quantitative estimate of drug-likeness (QED) is 0.430. The van der Waals surface area contributed by atoms with Crippen LogP contribution in [0.5, 0.6) is 0 Å². The van der Waals surface area contributed by atoms with Crippen molar-refractivity contribution in [1.29, 1.82) is 0 Å². The molecule has 14 heavy (non-hydrogen) atoms. The second-order valence-corrected chi connectivity index (χ2v) is 6.35. The van der Waals surface area contributed by atoms with E-state index in [4.69, 9.17) is 4.74 Å². The van der Waals surface area contributed by atoms with Crippen LogP contribution in [0.1, 0.15) is 52.4 Å². The molecular weight excluding hydrogens is 287 g/mol. The summed E-state index contributed by atoms with van der Waals surface area (Å²) < 4.78 is 6.73.